The van der Waals surface area contributed by atoms with Crippen molar-refractivity contribution in [3.8, 4) is 0 Å². The van der Waals surface area contributed by atoms with Gasteiger partial charge in [-0.15, -0.1) is 0 Å². The van der Waals surface area contributed by atoms with Crippen molar-refractivity contribution in [1.82, 2.24) is 9.88 Å². The summed E-state index contributed by atoms with van der Waals surface area (Å²) in [5, 5.41) is 0.843. The van der Waals surface area contributed by atoms with Crippen LogP contribution in [0, 0.1) is 5.92 Å². The van der Waals surface area contributed by atoms with Gasteiger partial charge >= 0.3 is 5.97 Å². The molecule has 1 fully saturated rings. The van der Waals surface area contributed by atoms with Crippen molar-refractivity contribution < 1.29 is 14.3 Å². The molecule has 0 N–H and O–H groups in total. The second-order valence-electron chi connectivity index (χ2n) is 6.23. The molecular weight excluding hydrogens is 338 g/mol. The van der Waals surface area contributed by atoms with Gasteiger partial charge in [-0.25, -0.2) is 4.98 Å². The van der Waals surface area contributed by atoms with Crippen LogP contribution in [0.2, 0.25) is 0 Å². The quantitative estimate of drug-likeness (QED) is 0.766. The Labute approximate surface area is 151 Å². The van der Waals surface area contributed by atoms with Gasteiger partial charge in [0.15, 0.2) is 5.13 Å². The van der Waals surface area contributed by atoms with Crippen LogP contribution in [-0.4, -0.2) is 55.0 Å². The van der Waals surface area contributed by atoms with E-state index in [9.17, 15) is 9.59 Å². The highest BCUT2D eigenvalue weighted by Crippen LogP contribution is 2.28. The molecule has 134 valence electrons. The van der Waals surface area contributed by atoms with Gasteiger partial charge in [0.1, 0.15) is 0 Å². The number of anilines is 1. The van der Waals surface area contributed by atoms with Crippen molar-refractivity contribution in [2.45, 2.75) is 19.8 Å². The van der Waals surface area contributed by atoms with Crippen LogP contribution in [0.25, 0.3) is 10.2 Å². The number of amides is 1. The average Bonchev–Trinajstić information content (AvgIpc) is 3.06. The van der Waals surface area contributed by atoms with Crippen LogP contribution >= 0.6 is 11.3 Å². The maximum Gasteiger partial charge on any atom is 0.309 e. The predicted octanol–water partition coefficient (Wildman–Crippen LogP) is 2.53. The molecule has 0 bridgehead atoms. The molecule has 1 amide bonds. The minimum atomic E-state index is -0.138. The Morgan fingerprint density at radius 2 is 2.04 bits per heavy atom. The van der Waals surface area contributed by atoms with Gasteiger partial charge < -0.3 is 14.5 Å². The van der Waals surface area contributed by atoms with Crippen molar-refractivity contribution in [3.05, 3.63) is 24.3 Å². The number of likely N-dealkylation sites (N-methyl/N-ethyl adjacent to an activating group) is 1. The van der Waals surface area contributed by atoms with E-state index in [1.54, 1.807) is 11.3 Å². The molecule has 2 heterocycles. The number of para-hydroxylation sites is 1. The van der Waals surface area contributed by atoms with Gasteiger partial charge in [-0.05, 0) is 31.9 Å². The van der Waals surface area contributed by atoms with E-state index in [1.165, 1.54) is 0 Å². The molecule has 3 rings (SSSR count). The molecule has 0 atom stereocenters. The number of benzene rings is 1. The number of hydrogen-bond donors (Lipinski definition) is 0. The fourth-order valence-electron chi connectivity index (χ4n) is 3.02. The van der Waals surface area contributed by atoms with E-state index < -0.39 is 0 Å². The second-order valence-corrected chi connectivity index (χ2v) is 7.24. The van der Waals surface area contributed by atoms with Crippen molar-refractivity contribution in [1.29, 1.82) is 0 Å². The molecule has 1 aromatic carbocycles. The fourth-order valence-corrected chi connectivity index (χ4v) is 3.94. The number of fused-ring (bicyclic) bond motifs is 1. The molecule has 0 radical (unpaired) electrons. The third-order valence-corrected chi connectivity index (χ3v) is 5.60. The van der Waals surface area contributed by atoms with Crippen molar-refractivity contribution >= 4 is 38.6 Å². The Morgan fingerprint density at radius 3 is 2.72 bits per heavy atom. The lowest BCUT2D eigenvalue weighted by molar-refractivity contribution is -0.151. The van der Waals surface area contributed by atoms with E-state index >= 15 is 0 Å². The monoisotopic (exact) mass is 361 g/mol. The van der Waals surface area contributed by atoms with E-state index in [0.717, 1.165) is 15.3 Å². The summed E-state index contributed by atoms with van der Waals surface area (Å²) in [6.07, 6.45) is 1.35. The van der Waals surface area contributed by atoms with Crippen LogP contribution in [-0.2, 0) is 14.3 Å². The minimum Gasteiger partial charge on any atom is -0.466 e. The second kappa shape index (κ2) is 7.82. The summed E-state index contributed by atoms with van der Waals surface area (Å²) in [6, 6.07) is 7.96. The molecule has 1 aromatic heterocycles. The van der Waals surface area contributed by atoms with E-state index in [1.807, 2.05) is 48.0 Å². The molecule has 6 nitrogen and oxygen atoms in total. The molecule has 1 saturated heterocycles. The predicted molar refractivity (Wildman–Crippen MR) is 98.8 cm³/mol. The largest absolute Gasteiger partial charge is 0.466 e. The van der Waals surface area contributed by atoms with Crippen molar-refractivity contribution in [3.63, 3.8) is 0 Å². The van der Waals surface area contributed by atoms with Gasteiger partial charge in [-0.3, -0.25) is 9.59 Å². The van der Waals surface area contributed by atoms with Crippen LogP contribution in [0.15, 0.2) is 24.3 Å². The third kappa shape index (κ3) is 4.10. The van der Waals surface area contributed by atoms with E-state index in [2.05, 4.69) is 4.98 Å². The van der Waals surface area contributed by atoms with Gasteiger partial charge in [0, 0.05) is 20.1 Å². The lowest BCUT2D eigenvalue weighted by atomic mass is 9.97. The summed E-state index contributed by atoms with van der Waals surface area (Å²) in [7, 11) is 1.89. The first kappa shape index (κ1) is 17.7. The highest BCUT2D eigenvalue weighted by atomic mass is 32.1. The zero-order valence-corrected chi connectivity index (χ0v) is 15.4. The lowest BCUT2D eigenvalue weighted by Gasteiger charge is -2.32. The van der Waals surface area contributed by atoms with Crippen molar-refractivity contribution in [2.75, 3.05) is 38.2 Å². The molecule has 1 aliphatic rings. The SMILES string of the molecule is CCOC(=O)C1CCN(C(=O)CN(C)c2nc3ccccc3s2)CC1. The maximum absolute atomic E-state index is 12.5. The van der Waals surface area contributed by atoms with Crippen LogP contribution in [0.3, 0.4) is 0 Å². The topological polar surface area (TPSA) is 62.7 Å². The Balaban J connectivity index is 1.54. The summed E-state index contributed by atoms with van der Waals surface area (Å²) in [4.78, 5) is 32.6. The molecule has 0 aliphatic carbocycles. The highest BCUT2D eigenvalue weighted by molar-refractivity contribution is 7.22. The minimum absolute atomic E-state index is 0.0732. The first-order chi connectivity index (χ1) is 12.1. The van der Waals surface area contributed by atoms with E-state index in [0.29, 0.717) is 39.1 Å². The summed E-state index contributed by atoms with van der Waals surface area (Å²) in [5.41, 5.74) is 0.956. The third-order valence-electron chi connectivity index (χ3n) is 4.45. The molecule has 1 aliphatic heterocycles. The standard InChI is InChI=1S/C18H23N3O3S/c1-3-24-17(23)13-8-10-21(11-9-13)16(22)12-20(2)18-19-14-6-4-5-7-15(14)25-18/h4-7,13H,3,8-12H2,1-2H3. The number of carbonyl (C=O) groups excluding carboxylic acids is 2. The number of hydrogen-bond acceptors (Lipinski definition) is 6. The van der Waals surface area contributed by atoms with Gasteiger partial charge in [0.2, 0.25) is 5.91 Å². The van der Waals surface area contributed by atoms with Gasteiger partial charge in [-0.1, -0.05) is 23.5 Å². The molecule has 25 heavy (non-hydrogen) atoms. The Morgan fingerprint density at radius 1 is 1.32 bits per heavy atom. The Hall–Kier alpha value is -2.15. The number of esters is 1. The number of likely N-dealkylation sites (tertiary alicyclic amines) is 1. The van der Waals surface area contributed by atoms with Crippen LogP contribution in [0.4, 0.5) is 5.13 Å². The lowest BCUT2D eigenvalue weighted by Crippen LogP contribution is -2.44. The first-order valence-electron chi connectivity index (χ1n) is 8.59. The normalized spacial score (nSPS) is 15.4. The van der Waals surface area contributed by atoms with Crippen LogP contribution in [0.1, 0.15) is 19.8 Å². The average molecular weight is 361 g/mol. The number of rotatable bonds is 5. The molecule has 0 saturated carbocycles. The smallest absolute Gasteiger partial charge is 0.309 e. The molecule has 0 unspecified atom stereocenters. The Bertz CT molecular complexity index is 720. The number of ether oxygens (including phenoxy) is 1. The number of piperidine rings is 1. The summed E-state index contributed by atoms with van der Waals surface area (Å²) < 4.78 is 6.19. The zero-order chi connectivity index (χ0) is 17.8. The van der Waals surface area contributed by atoms with Gasteiger partial charge in [0.05, 0.1) is 29.3 Å². The summed E-state index contributed by atoms with van der Waals surface area (Å²) in [6.45, 7) is 3.73. The van der Waals surface area contributed by atoms with Crippen LogP contribution in [0.5, 0.6) is 0 Å². The molecular formula is C18H23N3O3S. The fraction of sp³-hybridized carbons (Fsp3) is 0.500. The van der Waals surface area contributed by atoms with Crippen LogP contribution < -0.4 is 4.90 Å². The molecule has 7 heteroatoms. The number of nitrogens with zero attached hydrogens (tertiary/aromatic N) is 3. The van der Waals surface area contributed by atoms with Gasteiger partial charge in [-0.2, -0.15) is 0 Å². The van der Waals surface area contributed by atoms with E-state index in [-0.39, 0.29) is 17.8 Å². The summed E-state index contributed by atoms with van der Waals surface area (Å²) >= 11 is 1.59. The zero-order valence-electron chi connectivity index (χ0n) is 14.6. The number of thiazole rings is 1. The molecule has 0 spiro atoms. The maximum atomic E-state index is 12.5. The number of aromatic nitrogens is 1. The summed E-state index contributed by atoms with van der Waals surface area (Å²) in [5.74, 6) is -0.142. The van der Waals surface area contributed by atoms with Gasteiger partial charge in [0.25, 0.3) is 0 Å². The number of carbonyl (C=O) groups is 2. The highest BCUT2D eigenvalue weighted by Gasteiger charge is 2.28. The Kier molecular flexibility index (Phi) is 5.53. The van der Waals surface area contributed by atoms with E-state index in [4.69, 9.17) is 4.74 Å². The first-order valence-corrected chi connectivity index (χ1v) is 9.41. The molecule has 2 aromatic rings. The van der Waals surface area contributed by atoms with Crippen molar-refractivity contribution in [2.24, 2.45) is 5.92 Å².